The molecular weight excluding hydrogens is 188 g/mol. The van der Waals surface area contributed by atoms with Crippen LogP contribution in [-0.2, 0) is 0 Å². The van der Waals surface area contributed by atoms with Crippen LogP contribution in [0.25, 0.3) is 0 Å². The molecule has 1 aromatic rings. The van der Waals surface area contributed by atoms with Gasteiger partial charge in [0.25, 0.3) is 0 Å². The topological polar surface area (TPSA) is 63.8 Å². The Labute approximate surface area is 90.3 Å². The zero-order valence-corrected chi connectivity index (χ0v) is 9.33. The van der Waals surface area contributed by atoms with Crippen LogP contribution in [0.3, 0.4) is 0 Å². The third-order valence-electron chi connectivity index (χ3n) is 3.45. The van der Waals surface area contributed by atoms with Crippen LogP contribution < -0.4 is 11.1 Å². The molecule has 4 heteroatoms. The Hall–Kier alpha value is -1.32. The van der Waals surface area contributed by atoms with E-state index in [2.05, 4.69) is 29.1 Å². The van der Waals surface area contributed by atoms with Crippen molar-refractivity contribution < 1.29 is 0 Å². The molecule has 0 radical (unpaired) electrons. The van der Waals surface area contributed by atoms with Crippen LogP contribution in [0.5, 0.6) is 0 Å². The van der Waals surface area contributed by atoms with Crippen LogP contribution in [0.4, 0.5) is 11.6 Å². The van der Waals surface area contributed by atoms with Crippen molar-refractivity contribution in [2.75, 3.05) is 17.6 Å². The molecule has 82 valence electrons. The summed E-state index contributed by atoms with van der Waals surface area (Å²) in [6.07, 6.45) is 5.87. The van der Waals surface area contributed by atoms with Crippen LogP contribution >= 0.6 is 0 Å². The average molecular weight is 206 g/mol. The Morgan fingerprint density at radius 2 is 2.07 bits per heavy atom. The van der Waals surface area contributed by atoms with Crippen LogP contribution in [0, 0.1) is 11.3 Å². The molecule has 0 atom stereocenters. The van der Waals surface area contributed by atoms with E-state index in [0.717, 1.165) is 6.54 Å². The lowest BCUT2D eigenvalue weighted by Crippen LogP contribution is -2.21. The van der Waals surface area contributed by atoms with Gasteiger partial charge in [-0.3, -0.25) is 0 Å². The first-order chi connectivity index (χ1) is 7.14. The SMILES string of the molecule is CC(C)C1(CNc2nccnc2N)CC1. The van der Waals surface area contributed by atoms with Crippen LogP contribution in [-0.4, -0.2) is 16.5 Å². The number of nitrogen functional groups attached to an aromatic ring is 1. The van der Waals surface area contributed by atoms with E-state index < -0.39 is 0 Å². The van der Waals surface area contributed by atoms with Crippen molar-refractivity contribution >= 4 is 11.6 Å². The molecule has 0 bridgehead atoms. The molecule has 1 aromatic heterocycles. The molecule has 0 amide bonds. The number of hydrogen-bond acceptors (Lipinski definition) is 4. The van der Waals surface area contributed by atoms with E-state index in [-0.39, 0.29) is 0 Å². The summed E-state index contributed by atoms with van der Waals surface area (Å²) in [5.74, 6) is 1.91. The van der Waals surface area contributed by atoms with Crippen LogP contribution in [0.1, 0.15) is 26.7 Å². The first kappa shape index (κ1) is 10.2. The summed E-state index contributed by atoms with van der Waals surface area (Å²) in [5.41, 5.74) is 6.17. The van der Waals surface area contributed by atoms with Gasteiger partial charge in [0.1, 0.15) is 0 Å². The van der Waals surface area contributed by atoms with E-state index >= 15 is 0 Å². The average Bonchev–Trinajstić information content (AvgIpc) is 2.98. The van der Waals surface area contributed by atoms with Gasteiger partial charge in [-0.15, -0.1) is 0 Å². The summed E-state index contributed by atoms with van der Waals surface area (Å²) in [7, 11) is 0. The normalized spacial score (nSPS) is 17.8. The van der Waals surface area contributed by atoms with Crippen molar-refractivity contribution in [3.8, 4) is 0 Å². The number of anilines is 2. The first-order valence-corrected chi connectivity index (χ1v) is 5.44. The molecule has 1 aliphatic carbocycles. The Kier molecular flexibility index (Phi) is 2.50. The zero-order valence-electron chi connectivity index (χ0n) is 9.33. The van der Waals surface area contributed by atoms with E-state index in [4.69, 9.17) is 5.73 Å². The maximum Gasteiger partial charge on any atom is 0.168 e. The van der Waals surface area contributed by atoms with Gasteiger partial charge in [0.05, 0.1) is 0 Å². The molecule has 2 rings (SSSR count). The fraction of sp³-hybridized carbons (Fsp3) is 0.636. The highest BCUT2D eigenvalue weighted by Crippen LogP contribution is 2.51. The van der Waals surface area contributed by atoms with Gasteiger partial charge in [-0.2, -0.15) is 0 Å². The van der Waals surface area contributed by atoms with Crippen LogP contribution in [0.2, 0.25) is 0 Å². The maximum absolute atomic E-state index is 5.71. The Morgan fingerprint density at radius 3 is 2.60 bits per heavy atom. The molecule has 0 saturated heterocycles. The second-order valence-electron chi connectivity index (χ2n) is 4.66. The lowest BCUT2D eigenvalue weighted by molar-refractivity contribution is 0.380. The second-order valence-corrected chi connectivity index (χ2v) is 4.66. The van der Waals surface area contributed by atoms with Crippen molar-refractivity contribution in [3.05, 3.63) is 12.4 Å². The molecule has 1 fully saturated rings. The van der Waals surface area contributed by atoms with Gasteiger partial charge >= 0.3 is 0 Å². The van der Waals surface area contributed by atoms with Gasteiger partial charge in [0.15, 0.2) is 11.6 Å². The predicted octanol–water partition coefficient (Wildman–Crippen LogP) is 1.91. The van der Waals surface area contributed by atoms with Crippen molar-refractivity contribution in [2.45, 2.75) is 26.7 Å². The number of rotatable bonds is 4. The summed E-state index contributed by atoms with van der Waals surface area (Å²) >= 11 is 0. The molecule has 4 nitrogen and oxygen atoms in total. The molecule has 0 unspecified atom stereocenters. The quantitative estimate of drug-likeness (QED) is 0.789. The summed E-state index contributed by atoms with van der Waals surface area (Å²) in [5, 5.41) is 3.30. The molecule has 0 aliphatic heterocycles. The van der Waals surface area contributed by atoms with Crippen molar-refractivity contribution in [2.24, 2.45) is 11.3 Å². The third kappa shape index (κ3) is 2.03. The van der Waals surface area contributed by atoms with Crippen molar-refractivity contribution in [1.29, 1.82) is 0 Å². The molecule has 1 aliphatic rings. The third-order valence-corrected chi connectivity index (χ3v) is 3.45. The number of nitrogens with zero attached hydrogens (tertiary/aromatic N) is 2. The smallest absolute Gasteiger partial charge is 0.168 e. The van der Waals surface area contributed by atoms with Crippen LogP contribution in [0.15, 0.2) is 12.4 Å². The molecule has 3 N–H and O–H groups in total. The first-order valence-electron chi connectivity index (χ1n) is 5.44. The van der Waals surface area contributed by atoms with E-state index in [0.29, 0.717) is 23.0 Å². The number of aromatic nitrogens is 2. The minimum atomic E-state index is 0.462. The highest BCUT2D eigenvalue weighted by atomic mass is 15.1. The molecule has 0 spiro atoms. The van der Waals surface area contributed by atoms with Gasteiger partial charge in [0, 0.05) is 18.9 Å². The van der Waals surface area contributed by atoms with Crippen molar-refractivity contribution in [1.82, 2.24) is 9.97 Å². The molecule has 1 saturated carbocycles. The van der Waals surface area contributed by atoms with E-state index in [1.54, 1.807) is 12.4 Å². The highest BCUT2D eigenvalue weighted by Gasteiger charge is 2.45. The molecular formula is C11H18N4. The van der Waals surface area contributed by atoms with Gasteiger partial charge in [-0.1, -0.05) is 13.8 Å². The number of hydrogen-bond donors (Lipinski definition) is 2. The van der Waals surface area contributed by atoms with Gasteiger partial charge in [-0.05, 0) is 24.2 Å². The minimum absolute atomic E-state index is 0.462. The Bertz CT molecular complexity index is 344. The second kappa shape index (κ2) is 3.68. The fourth-order valence-corrected chi connectivity index (χ4v) is 1.86. The molecule has 1 heterocycles. The van der Waals surface area contributed by atoms with E-state index in [9.17, 15) is 0 Å². The highest BCUT2D eigenvalue weighted by molar-refractivity contribution is 5.55. The zero-order chi connectivity index (χ0) is 10.9. The summed E-state index contributed by atoms with van der Waals surface area (Å²) in [6.45, 7) is 5.50. The Morgan fingerprint density at radius 1 is 1.40 bits per heavy atom. The number of nitrogens with one attached hydrogen (secondary N) is 1. The molecule has 15 heavy (non-hydrogen) atoms. The minimum Gasteiger partial charge on any atom is -0.381 e. The lowest BCUT2D eigenvalue weighted by atomic mass is 9.92. The van der Waals surface area contributed by atoms with Gasteiger partial charge in [-0.25, -0.2) is 9.97 Å². The largest absolute Gasteiger partial charge is 0.381 e. The summed E-state index contributed by atoms with van der Waals surface area (Å²) in [4.78, 5) is 8.17. The molecule has 0 aromatic carbocycles. The Balaban J connectivity index is 1.97. The lowest BCUT2D eigenvalue weighted by Gasteiger charge is -2.20. The van der Waals surface area contributed by atoms with Gasteiger partial charge in [0.2, 0.25) is 0 Å². The summed E-state index contributed by atoms with van der Waals surface area (Å²) < 4.78 is 0. The monoisotopic (exact) mass is 206 g/mol. The maximum atomic E-state index is 5.71. The van der Waals surface area contributed by atoms with E-state index in [1.165, 1.54) is 12.8 Å². The standard InChI is InChI=1S/C11H18N4/c1-8(2)11(3-4-11)7-15-10-9(12)13-5-6-14-10/h5-6,8H,3-4,7H2,1-2H3,(H2,12,13)(H,14,15). The predicted molar refractivity (Wildman–Crippen MR) is 61.4 cm³/mol. The fourth-order valence-electron chi connectivity index (χ4n) is 1.86. The van der Waals surface area contributed by atoms with E-state index in [1.807, 2.05) is 0 Å². The van der Waals surface area contributed by atoms with Gasteiger partial charge < -0.3 is 11.1 Å². The van der Waals surface area contributed by atoms with Crippen molar-refractivity contribution in [3.63, 3.8) is 0 Å². The summed E-state index contributed by atoms with van der Waals surface area (Å²) in [6, 6.07) is 0. The number of nitrogens with two attached hydrogens (primary N) is 1.